The molecular weight excluding hydrogens is 427 g/mol. The standard InChI is InChI=1S/C21H26Cl2N4O3/c1-11-18(13-3-4-15(29)17(23)16(13)22)26-14(9-28)20(25-11)27-7-5-21(6-8-27)10-30-12(2)19(21)24/h3-4,12,19,28-29H,5-10,24H2,1-2H3/t12-,19+/m0/s1. The van der Waals surface area contributed by atoms with Crippen molar-refractivity contribution in [1.82, 2.24) is 9.97 Å². The summed E-state index contributed by atoms with van der Waals surface area (Å²) in [7, 11) is 0. The Morgan fingerprint density at radius 1 is 1.23 bits per heavy atom. The lowest BCUT2D eigenvalue weighted by atomic mass is 9.73. The minimum absolute atomic E-state index is 0.00796. The monoisotopic (exact) mass is 452 g/mol. The van der Waals surface area contributed by atoms with Crippen molar-refractivity contribution in [3.8, 4) is 17.0 Å². The molecule has 4 N–H and O–H groups in total. The van der Waals surface area contributed by atoms with E-state index in [1.54, 1.807) is 6.07 Å². The lowest BCUT2D eigenvalue weighted by Crippen LogP contribution is -2.51. The lowest BCUT2D eigenvalue weighted by Gasteiger charge is -2.42. The molecular formula is C21H26Cl2N4O3. The van der Waals surface area contributed by atoms with Gasteiger partial charge in [-0.2, -0.15) is 0 Å². The minimum Gasteiger partial charge on any atom is -0.506 e. The molecule has 4 rings (SSSR count). The van der Waals surface area contributed by atoms with Crippen LogP contribution in [0.15, 0.2) is 12.1 Å². The molecule has 0 aliphatic carbocycles. The number of piperidine rings is 1. The van der Waals surface area contributed by atoms with Gasteiger partial charge in [-0.25, -0.2) is 9.97 Å². The number of hydrogen-bond acceptors (Lipinski definition) is 7. The summed E-state index contributed by atoms with van der Waals surface area (Å²) in [6, 6.07) is 3.15. The maximum atomic E-state index is 9.99. The Labute approximate surface area is 185 Å². The summed E-state index contributed by atoms with van der Waals surface area (Å²) in [5, 5.41) is 20.0. The van der Waals surface area contributed by atoms with Crippen LogP contribution in [0.1, 0.15) is 31.2 Å². The Bertz CT molecular complexity index is 964. The average Bonchev–Trinajstić information content (AvgIpc) is 3.01. The third kappa shape index (κ3) is 3.52. The van der Waals surface area contributed by atoms with Gasteiger partial charge in [-0.15, -0.1) is 0 Å². The number of anilines is 1. The first-order chi connectivity index (χ1) is 14.3. The quantitative estimate of drug-likeness (QED) is 0.655. The number of benzene rings is 1. The zero-order valence-electron chi connectivity index (χ0n) is 17.0. The van der Waals surface area contributed by atoms with Crippen LogP contribution in [0.5, 0.6) is 5.75 Å². The van der Waals surface area contributed by atoms with E-state index in [-0.39, 0.29) is 40.0 Å². The van der Waals surface area contributed by atoms with Crippen molar-refractivity contribution in [2.45, 2.75) is 45.4 Å². The molecule has 2 saturated heterocycles. The topological polar surface area (TPSA) is 105 Å². The van der Waals surface area contributed by atoms with Gasteiger partial charge in [-0.3, -0.25) is 0 Å². The number of nitrogens with zero attached hydrogens (tertiary/aromatic N) is 3. The van der Waals surface area contributed by atoms with Crippen LogP contribution >= 0.6 is 23.2 Å². The first kappa shape index (κ1) is 21.6. The zero-order chi connectivity index (χ0) is 21.6. The predicted octanol–water partition coefficient (Wildman–Crippen LogP) is 3.29. The summed E-state index contributed by atoms with van der Waals surface area (Å²) in [6.45, 7) is 5.87. The number of phenols is 1. The van der Waals surface area contributed by atoms with Crippen molar-refractivity contribution in [3.63, 3.8) is 0 Å². The number of phenolic OH excluding ortho intramolecular Hbond substituents is 1. The van der Waals surface area contributed by atoms with Crippen LogP contribution in [0, 0.1) is 12.3 Å². The summed E-state index contributed by atoms with van der Waals surface area (Å²) >= 11 is 12.4. The number of aromatic hydroxyl groups is 1. The van der Waals surface area contributed by atoms with Crippen LogP contribution in [0.25, 0.3) is 11.3 Å². The summed E-state index contributed by atoms with van der Waals surface area (Å²) in [6.07, 6.45) is 1.89. The van der Waals surface area contributed by atoms with Gasteiger partial charge in [0.05, 0.1) is 35.7 Å². The number of hydrogen-bond donors (Lipinski definition) is 3. The van der Waals surface area contributed by atoms with E-state index in [1.165, 1.54) is 6.07 Å². The fourth-order valence-electron chi connectivity index (χ4n) is 4.52. The van der Waals surface area contributed by atoms with Crippen LogP contribution < -0.4 is 10.6 Å². The molecule has 0 unspecified atom stereocenters. The molecule has 2 aliphatic rings. The molecule has 2 fully saturated rings. The van der Waals surface area contributed by atoms with Crippen LogP contribution in [0.2, 0.25) is 10.0 Å². The Balaban J connectivity index is 1.64. The maximum Gasteiger partial charge on any atom is 0.153 e. The van der Waals surface area contributed by atoms with Gasteiger partial charge in [-0.1, -0.05) is 23.2 Å². The number of aliphatic hydroxyl groups is 1. The first-order valence-corrected chi connectivity index (χ1v) is 10.8. The van der Waals surface area contributed by atoms with E-state index in [1.807, 2.05) is 13.8 Å². The van der Waals surface area contributed by atoms with Crippen LogP contribution in [0.4, 0.5) is 5.82 Å². The van der Waals surface area contributed by atoms with Crippen molar-refractivity contribution in [2.24, 2.45) is 11.1 Å². The first-order valence-electron chi connectivity index (χ1n) is 10.1. The van der Waals surface area contributed by atoms with Gasteiger partial charge >= 0.3 is 0 Å². The number of aromatic nitrogens is 2. The van der Waals surface area contributed by atoms with E-state index >= 15 is 0 Å². The van der Waals surface area contributed by atoms with Gasteiger partial charge in [0.2, 0.25) is 0 Å². The summed E-state index contributed by atoms with van der Waals surface area (Å²) in [5.74, 6) is 0.579. The molecule has 1 aromatic carbocycles. The Kier molecular flexibility index (Phi) is 5.85. The molecule has 0 bridgehead atoms. The van der Waals surface area contributed by atoms with E-state index in [0.29, 0.717) is 35.1 Å². The molecule has 9 heteroatoms. The van der Waals surface area contributed by atoms with Crippen molar-refractivity contribution in [1.29, 1.82) is 0 Å². The smallest absolute Gasteiger partial charge is 0.153 e. The average molecular weight is 453 g/mol. The molecule has 2 atom stereocenters. The second kappa shape index (κ2) is 8.13. The van der Waals surface area contributed by atoms with E-state index in [0.717, 1.165) is 25.9 Å². The second-order valence-corrected chi connectivity index (χ2v) is 8.99. The van der Waals surface area contributed by atoms with Gasteiger partial charge in [0.1, 0.15) is 16.5 Å². The lowest BCUT2D eigenvalue weighted by molar-refractivity contribution is 0.0973. The summed E-state index contributed by atoms with van der Waals surface area (Å²) in [5.41, 5.74) is 8.67. The Morgan fingerprint density at radius 2 is 1.93 bits per heavy atom. The highest BCUT2D eigenvalue weighted by Crippen LogP contribution is 2.43. The third-order valence-corrected chi connectivity index (χ3v) is 7.37. The fourth-order valence-corrected chi connectivity index (χ4v) is 4.93. The van der Waals surface area contributed by atoms with E-state index in [4.69, 9.17) is 38.7 Å². The maximum absolute atomic E-state index is 9.99. The van der Waals surface area contributed by atoms with Crippen molar-refractivity contribution >= 4 is 29.0 Å². The number of rotatable bonds is 3. The number of aliphatic hydroxyl groups excluding tert-OH is 1. The SMILES string of the molecule is Cc1nc(N2CCC3(CC2)CO[C@@H](C)[C@H]3N)c(CO)nc1-c1ccc(O)c(Cl)c1Cl. The summed E-state index contributed by atoms with van der Waals surface area (Å²) < 4.78 is 5.80. The molecule has 1 aromatic heterocycles. The molecule has 7 nitrogen and oxygen atoms in total. The minimum atomic E-state index is -0.250. The van der Waals surface area contributed by atoms with Crippen molar-refractivity contribution in [2.75, 3.05) is 24.6 Å². The zero-order valence-corrected chi connectivity index (χ0v) is 18.5. The molecule has 3 heterocycles. The van der Waals surface area contributed by atoms with Gasteiger partial charge in [0.25, 0.3) is 0 Å². The predicted molar refractivity (Wildman–Crippen MR) is 117 cm³/mol. The molecule has 0 radical (unpaired) electrons. The van der Waals surface area contributed by atoms with Crippen LogP contribution in [0.3, 0.4) is 0 Å². The normalized spacial score (nSPS) is 23.3. The molecule has 0 saturated carbocycles. The van der Waals surface area contributed by atoms with Gasteiger partial charge in [-0.05, 0) is 38.8 Å². The number of nitrogens with two attached hydrogens (primary N) is 1. The highest BCUT2D eigenvalue weighted by molar-refractivity contribution is 6.44. The molecule has 162 valence electrons. The Hall–Kier alpha value is -1.64. The molecule has 0 amide bonds. The van der Waals surface area contributed by atoms with Crippen LogP contribution in [-0.2, 0) is 11.3 Å². The third-order valence-electron chi connectivity index (χ3n) is 6.49. The Morgan fingerprint density at radius 3 is 2.53 bits per heavy atom. The fraction of sp³-hybridized carbons (Fsp3) is 0.524. The van der Waals surface area contributed by atoms with Gasteiger partial charge in [0, 0.05) is 30.1 Å². The molecule has 2 aliphatic heterocycles. The highest BCUT2D eigenvalue weighted by atomic mass is 35.5. The second-order valence-electron chi connectivity index (χ2n) is 8.24. The van der Waals surface area contributed by atoms with Crippen LogP contribution in [-0.4, -0.2) is 52.0 Å². The molecule has 30 heavy (non-hydrogen) atoms. The number of ether oxygens (including phenoxy) is 1. The van der Waals surface area contributed by atoms with Gasteiger partial charge < -0.3 is 25.6 Å². The van der Waals surface area contributed by atoms with Gasteiger partial charge in [0.15, 0.2) is 5.82 Å². The highest BCUT2D eigenvalue weighted by Gasteiger charge is 2.47. The van der Waals surface area contributed by atoms with E-state index < -0.39 is 0 Å². The molecule has 1 spiro atoms. The van der Waals surface area contributed by atoms with E-state index in [2.05, 4.69) is 9.88 Å². The largest absolute Gasteiger partial charge is 0.506 e. The van der Waals surface area contributed by atoms with E-state index in [9.17, 15) is 10.2 Å². The number of halogens is 2. The van der Waals surface area contributed by atoms with Crippen molar-refractivity contribution < 1.29 is 14.9 Å². The number of aryl methyl sites for hydroxylation is 1. The summed E-state index contributed by atoms with van der Waals surface area (Å²) in [4.78, 5) is 11.6. The van der Waals surface area contributed by atoms with Crippen molar-refractivity contribution in [3.05, 3.63) is 33.6 Å². The molecule has 2 aromatic rings.